The molecule has 0 aliphatic rings. The first-order valence-electron chi connectivity index (χ1n) is 5.07. The Morgan fingerprint density at radius 2 is 1.61 bits per heavy atom. The minimum absolute atomic E-state index is 0.283. The van der Waals surface area contributed by atoms with Crippen molar-refractivity contribution in [2.24, 2.45) is 0 Å². The quantitative estimate of drug-likeness (QED) is 0.770. The molecule has 0 spiro atoms. The molecule has 0 aliphatic heterocycles. The zero-order valence-electron chi connectivity index (χ0n) is 9.00. The van der Waals surface area contributed by atoms with Gasteiger partial charge in [-0.25, -0.2) is 8.78 Å². The van der Waals surface area contributed by atoms with Crippen LogP contribution in [0, 0.1) is 15.2 Å². The van der Waals surface area contributed by atoms with Gasteiger partial charge >= 0.3 is 0 Å². The van der Waals surface area contributed by atoms with Gasteiger partial charge in [-0.05, 0) is 58.0 Å². The Hall–Kier alpha value is -0.720. The number of aliphatic hydroxyl groups is 1. The van der Waals surface area contributed by atoms with Crippen LogP contribution in [0.1, 0.15) is 17.2 Å². The molecule has 2 rings (SSSR count). The number of aliphatic hydroxyl groups excluding tert-OH is 1. The lowest BCUT2D eigenvalue weighted by molar-refractivity contribution is 0.219. The second-order valence-corrected chi connectivity index (χ2v) is 5.32. The Balaban J connectivity index is 2.37. The zero-order chi connectivity index (χ0) is 13.3. The predicted molar refractivity (Wildman–Crippen MR) is 74.6 cm³/mol. The Morgan fingerprint density at radius 3 is 2.22 bits per heavy atom. The molecule has 0 aliphatic carbocycles. The molecule has 1 atom stereocenters. The summed E-state index contributed by atoms with van der Waals surface area (Å²) < 4.78 is 26.7. The topological polar surface area (TPSA) is 20.2 Å². The van der Waals surface area contributed by atoms with Gasteiger partial charge in [0, 0.05) is 3.57 Å². The van der Waals surface area contributed by atoms with Gasteiger partial charge in [0.15, 0.2) is 11.6 Å². The smallest absolute Gasteiger partial charge is 0.159 e. The van der Waals surface area contributed by atoms with Crippen LogP contribution in [-0.2, 0) is 0 Å². The average molecular weight is 381 g/mol. The highest BCUT2D eigenvalue weighted by Gasteiger charge is 2.14. The normalized spacial score (nSPS) is 12.5. The molecule has 0 aromatic heterocycles. The summed E-state index contributed by atoms with van der Waals surface area (Å²) in [6.07, 6.45) is -1.03. The van der Waals surface area contributed by atoms with Crippen molar-refractivity contribution in [2.45, 2.75) is 6.10 Å². The fourth-order valence-corrected chi connectivity index (χ4v) is 2.08. The maximum atomic E-state index is 13.1. The molecule has 94 valence electrons. The monoisotopic (exact) mass is 380 g/mol. The summed E-state index contributed by atoms with van der Waals surface area (Å²) in [6, 6.07) is 8.36. The third-order valence-corrected chi connectivity index (χ3v) is 4.09. The highest BCUT2D eigenvalue weighted by molar-refractivity contribution is 14.1. The lowest BCUT2D eigenvalue weighted by Gasteiger charge is -2.12. The van der Waals surface area contributed by atoms with Crippen molar-refractivity contribution in [1.29, 1.82) is 0 Å². The van der Waals surface area contributed by atoms with Gasteiger partial charge in [-0.3, -0.25) is 0 Å². The van der Waals surface area contributed by atoms with Gasteiger partial charge in [-0.15, -0.1) is 0 Å². The van der Waals surface area contributed by atoms with E-state index >= 15 is 0 Å². The summed E-state index contributed by atoms with van der Waals surface area (Å²) in [5.74, 6) is -1.92. The number of hydrogen-bond acceptors (Lipinski definition) is 1. The van der Waals surface area contributed by atoms with Gasteiger partial charge in [-0.1, -0.05) is 23.7 Å². The summed E-state index contributed by atoms with van der Waals surface area (Å²) in [5.41, 5.74) is 0.817. The van der Waals surface area contributed by atoms with Gasteiger partial charge in [0.05, 0.1) is 5.02 Å². The van der Waals surface area contributed by atoms with E-state index < -0.39 is 17.7 Å². The number of rotatable bonds is 2. The van der Waals surface area contributed by atoms with E-state index in [1.165, 1.54) is 6.07 Å². The van der Waals surface area contributed by atoms with Crippen LogP contribution >= 0.6 is 34.2 Å². The first-order valence-corrected chi connectivity index (χ1v) is 6.52. The van der Waals surface area contributed by atoms with Crippen LogP contribution in [0.15, 0.2) is 36.4 Å². The largest absolute Gasteiger partial charge is 0.384 e. The lowest BCUT2D eigenvalue weighted by Crippen LogP contribution is -2.01. The fraction of sp³-hybridized carbons (Fsp3) is 0.0769. The minimum Gasteiger partial charge on any atom is -0.384 e. The highest BCUT2D eigenvalue weighted by atomic mass is 127. The minimum atomic E-state index is -1.03. The van der Waals surface area contributed by atoms with E-state index in [2.05, 4.69) is 22.6 Å². The van der Waals surface area contributed by atoms with Crippen molar-refractivity contribution < 1.29 is 13.9 Å². The zero-order valence-corrected chi connectivity index (χ0v) is 11.9. The Bertz CT molecular complexity index is 538. The van der Waals surface area contributed by atoms with Crippen LogP contribution in [0.2, 0.25) is 5.02 Å². The predicted octanol–water partition coefficient (Wildman–Crippen LogP) is 4.30. The van der Waals surface area contributed by atoms with Crippen molar-refractivity contribution in [3.05, 3.63) is 67.8 Å². The summed E-state index contributed by atoms with van der Waals surface area (Å²) in [6.45, 7) is 0. The summed E-state index contributed by atoms with van der Waals surface area (Å²) in [5, 5.41) is 10.6. The van der Waals surface area contributed by atoms with Crippen LogP contribution < -0.4 is 0 Å². The van der Waals surface area contributed by atoms with Crippen molar-refractivity contribution in [1.82, 2.24) is 0 Å². The molecule has 0 saturated carbocycles. The third-order valence-electron chi connectivity index (χ3n) is 2.52. The van der Waals surface area contributed by atoms with Crippen molar-refractivity contribution in [3.63, 3.8) is 0 Å². The van der Waals surface area contributed by atoms with Crippen LogP contribution in [0.3, 0.4) is 0 Å². The molecule has 2 aromatic carbocycles. The third kappa shape index (κ3) is 2.81. The molecular formula is C13H8ClF2IO. The number of benzene rings is 2. The molecule has 18 heavy (non-hydrogen) atoms. The molecule has 1 N–H and O–H groups in total. The molecule has 0 heterocycles. The highest BCUT2D eigenvalue weighted by Crippen LogP contribution is 2.27. The van der Waals surface area contributed by atoms with Crippen molar-refractivity contribution in [2.75, 3.05) is 0 Å². The molecule has 1 unspecified atom stereocenters. The molecule has 0 bridgehead atoms. The standard InChI is InChI=1S/C13H8ClF2IO/c14-9-5-7(2-4-12(9)17)13(18)8-1-3-10(15)11(16)6-8/h1-6,13,18H. The fourth-order valence-electron chi connectivity index (χ4n) is 1.56. The maximum absolute atomic E-state index is 13.1. The van der Waals surface area contributed by atoms with E-state index in [1.807, 2.05) is 0 Å². The lowest BCUT2D eigenvalue weighted by atomic mass is 10.0. The number of halogens is 4. The van der Waals surface area contributed by atoms with Crippen molar-refractivity contribution in [3.8, 4) is 0 Å². The summed E-state index contributed by atoms with van der Waals surface area (Å²) >= 11 is 8.01. The second-order valence-electron chi connectivity index (χ2n) is 3.75. The SMILES string of the molecule is OC(c1ccc(F)c(F)c1)c1ccc(I)c(Cl)c1. The Morgan fingerprint density at radius 1 is 1.00 bits per heavy atom. The molecule has 0 saturated heterocycles. The first kappa shape index (κ1) is 13.7. The summed E-state index contributed by atoms with van der Waals surface area (Å²) in [7, 11) is 0. The molecule has 0 amide bonds. The average Bonchev–Trinajstić information content (AvgIpc) is 2.35. The van der Waals surface area contributed by atoms with Gasteiger partial charge in [-0.2, -0.15) is 0 Å². The van der Waals surface area contributed by atoms with Gasteiger partial charge < -0.3 is 5.11 Å². The van der Waals surface area contributed by atoms with Gasteiger partial charge in [0.25, 0.3) is 0 Å². The van der Waals surface area contributed by atoms with Crippen LogP contribution in [0.4, 0.5) is 8.78 Å². The van der Waals surface area contributed by atoms with Crippen LogP contribution in [0.25, 0.3) is 0 Å². The van der Waals surface area contributed by atoms with Crippen molar-refractivity contribution >= 4 is 34.2 Å². The van der Waals surface area contributed by atoms with E-state index in [9.17, 15) is 13.9 Å². The van der Waals surface area contributed by atoms with E-state index in [0.717, 1.165) is 15.7 Å². The van der Waals surface area contributed by atoms with E-state index in [1.54, 1.807) is 18.2 Å². The molecule has 0 radical (unpaired) electrons. The maximum Gasteiger partial charge on any atom is 0.159 e. The van der Waals surface area contributed by atoms with E-state index in [0.29, 0.717) is 10.6 Å². The second kappa shape index (κ2) is 5.50. The summed E-state index contributed by atoms with van der Waals surface area (Å²) in [4.78, 5) is 0. The molecular weight excluding hydrogens is 372 g/mol. The molecule has 5 heteroatoms. The number of hydrogen-bond donors (Lipinski definition) is 1. The molecule has 1 nitrogen and oxygen atoms in total. The molecule has 2 aromatic rings. The first-order chi connectivity index (χ1) is 8.49. The Kier molecular flexibility index (Phi) is 4.19. The Labute approximate surface area is 122 Å². The molecule has 0 fully saturated rings. The van der Waals surface area contributed by atoms with Gasteiger partial charge in [0.1, 0.15) is 6.10 Å². The van der Waals surface area contributed by atoms with E-state index in [-0.39, 0.29) is 5.56 Å². The van der Waals surface area contributed by atoms with Crippen LogP contribution in [-0.4, -0.2) is 5.11 Å². The van der Waals surface area contributed by atoms with E-state index in [4.69, 9.17) is 11.6 Å². The van der Waals surface area contributed by atoms with Gasteiger partial charge in [0.2, 0.25) is 0 Å². The van der Waals surface area contributed by atoms with Crippen LogP contribution in [0.5, 0.6) is 0 Å².